The lowest BCUT2D eigenvalue weighted by Gasteiger charge is -2.18. The molecule has 0 aromatic rings. The summed E-state index contributed by atoms with van der Waals surface area (Å²) in [5, 5.41) is 22.5. The minimum absolute atomic E-state index is 0.0377. The van der Waals surface area contributed by atoms with E-state index in [9.17, 15) is 19.2 Å². The van der Waals surface area contributed by atoms with Crippen molar-refractivity contribution in [1.29, 1.82) is 0 Å². The molecule has 0 rings (SSSR count). The number of carboxylic acid groups (broad SMARTS) is 1. The molecule has 9 nitrogen and oxygen atoms in total. The van der Waals surface area contributed by atoms with E-state index < -0.39 is 24.5 Å². The molecule has 0 heterocycles. The molecule has 2 amide bonds. The van der Waals surface area contributed by atoms with E-state index in [1.807, 2.05) is 0 Å². The number of aliphatic carboxylic acids is 1. The number of esters is 1. The maximum atomic E-state index is 12.6. The summed E-state index contributed by atoms with van der Waals surface area (Å²) in [6, 6.07) is -1.38. The summed E-state index contributed by atoms with van der Waals surface area (Å²) in [5.41, 5.74) is 0. The molecule has 0 aromatic carbocycles. The zero-order valence-electron chi connectivity index (χ0n) is 31.5. The first-order valence-corrected chi connectivity index (χ1v) is 20.1. The molecule has 0 fully saturated rings. The van der Waals surface area contributed by atoms with Crippen LogP contribution in [0.5, 0.6) is 0 Å². The van der Waals surface area contributed by atoms with Gasteiger partial charge < -0.3 is 25.6 Å². The van der Waals surface area contributed by atoms with Crippen molar-refractivity contribution in [2.75, 3.05) is 13.2 Å². The Hall–Kier alpha value is -2.42. The molecule has 9 heteroatoms. The number of carbonyl (C=O) groups excluding carboxylic acids is 3. The number of rotatable bonds is 36. The van der Waals surface area contributed by atoms with Gasteiger partial charge in [0.2, 0.25) is 11.8 Å². The zero-order chi connectivity index (χ0) is 36.2. The molecule has 0 aliphatic carbocycles. The molecule has 49 heavy (non-hydrogen) atoms. The summed E-state index contributed by atoms with van der Waals surface area (Å²) in [5.74, 6) is -2.34. The second-order valence-electron chi connectivity index (χ2n) is 13.7. The highest BCUT2D eigenvalue weighted by atomic mass is 16.5. The first-order valence-electron chi connectivity index (χ1n) is 20.1. The van der Waals surface area contributed by atoms with Gasteiger partial charge in [-0.3, -0.25) is 14.4 Å². The van der Waals surface area contributed by atoms with Crippen LogP contribution in [-0.4, -0.2) is 59.3 Å². The summed E-state index contributed by atoms with van der Waals surface area (Å²) >= 11 is 0. The number of hydrogen-bond acceptors (Lipinski definition) is 6. The lowest BCUT2D eigenvalue weighted by atomic mass is 10.0. The van der Waals surface area contributed by atoms with E-state index in [4.69, 9.17) is 14.9 Å². The van der Waals surface area contributed by atoms with Crippen LogP contribution in [-0.2, 0) is 23.9 Å². The zero-order valence-corrected chi connectivity index (χ0v) is 31.5. The maximum absolute atomic E-state index is 12.6. The fourth-order valence-electron chi connectivity index (χ4n) is 5.89. The van der Waals surface area contributed by atoms with Crippen LogP contribution < -0.4 is 10.6 Å². The van der Waals surface area contributed by atoms with Crippen molar-refractivity contribution in [2.24, 2.45) is 0 Å². The fraction of sp³-hybridized carbons (Fsp3) is 0.850. The molecular weight excluding hydrogens is 620 g/mol. The molecule has 4 N–H and O–H groups in total. The number of carboxylic acids is 1. The SMILES string of the molecule is CCCCCCCCC/C=C\CCCCCCCCCC(=O)OC(CCCCCC)CCCCCCC(=O)NCC(=O)NC(CO)C(=O)O. The topological polar surface area (TPSA) is 142 Å². The predicted octanol–water partition coefficient (Wildman–Crippen LogP) is 9.09. The predicted molar refractivity (Wildman–Crippen MR) is 199 cm³/mol. The molecule has 0 aromatic heterocycles. The van der Waals surface area contributed by atoms with Gasteiger partial charge >= 0.3 is 11.9 Å². The number of allylic oxidation sites excluding steroid dienone is 2. The summed E-state index contributed by atoms with van der Waals surface area (Å²) < 4.78 is 5.91. The number of unbranched alkanes of at least 4 members (excludes halogenated alkanes) is 20. The Morgan fingerprint density at radius 3 is 1.55 bits per heavy atom. The van der Waals surface area contributed by atoms with Gasteiger partial charge in [0.25, 0.3) is 0 Å². The average molecular weight is 695 g/mol. The number of hydrogen-bond donors (Lipinski definition) is 4. The number of nitrogens with one attached hydrogen (secondary N) is 2. The van der Waals surface area contributed by atoms with E-state index in [0.29, 0.717) is 12.8 Å². The van der Waals surface area contributed by atoms with E-state index in [-0.39, 0.29) is 30.9 Å². The third-order valence-corrected chi connectivity index (χ3v) is 9.01. The van der Waals surface area contributed by atoms with Gasteiger partial charge in [-0.05, 0) is 64.2 Å². The van der Waals surface area contributed by atoms with Crippen LogP contribution in [0.4, 0.5) is 0 Å². The van der Waals surface area contributed by atoms with Crippen LogP contribution in [0.2, 0.25) is 0 Å². The monoisotopic (exact) mass is 695 g/mol. The van der Waals surface area contributed by atoms with Crippen LogP contribution in [0.15, 0.2) is 12.2 Å². The quantitative estimate of drug-likeness (QED) is 0.0291. The van der Waals surface area contributed by atoms with Crippen molar-refractivity contribution < 1.29 is 34.1 Å². The molecule has 0 aliphatic heterocycles. The van der Waals surface area contributed by atoms with Crippen LogP contribution in [0.25, 0.3) is 0 Å². The molecule has 0 radical (unpaired) electrons. The van der Waals surface area contributed by atoms with Gasteiger partial charge in [0.15, 0.2) is 0 Å². The van der Waals surface area contributed by atoms with Crippen molar-refractivity contribution >= 4 is 23.8 Å². The van der Waals surface area contributed by atoms with Crippen molar-refractivity contribution in [1.82, 2.24) is 10.6 Å². The summed E-state index contributed by atoms with van der Waals surface area (Å²) in [6.45, 7) is 3.41. The maximum Gasteiger partial charge on any atom is 0.328 e. The minimum Gasteiger partial charge on any atom is -0.480 e. The third-order valence-electron chi connectivity index (χ3n) is 9.01. The number of amides is 2. The van der Waals surface area contributed by atoms with Gasteiger partial charge in [0.05, 0.1) is 13.2 Å². The van der Waals surface area contributed by atoms with Gasteiger partial charge in [0, 0.05) is 12.8 Å². The largest absolute Gasteiger partial charge is 0.480 e. The summed E-state index contributed by atoms with van der Waals surface area (Å²) in [4.78, 5) is 47.2. The van der Waals surface area contributed by atoms with Crippen LogP contribution >= 0.6 is 0 Å². The standard InChI is InChI=1S/C40H74N2O7/c1-3-5-7-9-10-11-12-13-14-15-16-17-18-19-20-21-22-28-32-39(46)49-35(29-25-8-6-4-2)30-26-23-24-27-31-37(44)41-33-38(45)42-36(34-43)40(47)48/h14-15,35-36,43H,3-13,16-34H2,1-2H3,(H,41,44)(H,42,45)(H,47,48)/b15-14-. The lowest BCUT2D eigenvalue weighted by molar-refractivity contribution is -0.150. The van der Waals surface area contributed by atoms with Gasteiger partial charge in [-0.25, -0.2) is 4.79 Å². The number of carbonyl (C=O) groups is 4. The second-order valence-corrected chi connectivity index (χ2v) is 13.7. The molecular formula is C40H74N2O7. The molecule has 286 valence electrons. The highest BCUT2D eigenvalue weighted by Gasteiger charge is 2.19. The van der Waals surface area contributed by atoms with Gasteiger partial charge in [-0.15, -0.1) is 0 Å². The van der Waals surface area contributed by atoms with E-state index in [1.54, 1.807) is 0 Å². The van der Waals surface area contributed by atoms with Crippen molar-refractivity contribution in [2.45, 2.75) is 206 Å². The Morgan fingerprint density at radius 1 is 0.592 bits per heavy atom. The molecule has 0 aliphatic rings. The minimum atomic E-state index is -1.38. The Bertz CT molecular complexity index is 848. The molecule has 0 saturated carbocycles. The lowest BCUT2D eigenvalue weighted by Crippen LogP contribution is -2.47. The van der Waals surface area contributed by atoms with Gasteiger partial charge in [-0.1, -0.05) is 129 Å². The Labute approximate surface area is 299 Å². The molecule has 2 unspecified atom stereocenters. The van der Waals surface area contributed by atoms with Crippen LogP contribution in [0.3, 0.4) is 0 Å². The number of aliphatic hydroxyl groups is 1. The smallest absolute Gasteiger partial charge is 0.328 e. The average Bonchev–Trinajstić information content (AvgIpc) is 3.08. The highest BCUT2D eigenvalue weighted by molar-refractivity contribution is 5.87. The molecule has 2 atom stereocenters. The van der Waals surface area contributed by atoms with Crippen molar-refractivity contribution in [3.8, 4) is 0 Å². The van der Waals surface area contributed by atoms with Gasteiger partial charge in [-0.2, -0.15) is 0 Å². The normalized spacial score (nSPS) is 12.6. The Balaban J connectivity index is 3.97. The first kappa shape index (κ1) is 46.6. The molecule has 0 bridgehead atoms. The second kappa shape index (κ2) is 35.4. The number of aliphatic hydroxyl groups excluding tert-OH is 1. The van der Waals surface area contributed by atoms with E-state index in [1.165, 1.54) is 103 Å². The number of ether oxygens (including phenoxy) is 1. The summed E-state index contributed by atoms with van der Waals surface area (Å²) in [6.07, 6.45) is 35.5. The van der Waals surface area contributed by atoms with Gasteiger partial charge in [0.1, 0.15) is 12.1 Å². The van der Waals surface area contributed by atoms with E-state index >= 15 is 0 Å². The third kappa shape index (κ3) is 32.5. The highest BCUT2D eigenvalue weighted by Crippen LogP contribution is 2.18. The molecule has 0 saturated heterocycles. The first-order chi connectivity index (χ1) is 23.8. The van der Waals surface area contributed by atoms with Crippen molar-refractivity contribution in [3.63, 3.8) is 0 Å². The fourth-order valence-corrected chi connectivity index (χ4v) is 5.89. The molecule has 0 spiro atoms. The summed E-state index contributed by atoms with van der Waals surface area (Å²) in [7, 11) is 0. The van der Waals surface area contributed by atoms with Crippen LogP contribution in [0, 0.1) is 0 Å². The van der Waals surface area contributed by atoms with Crippen LogP contribution in [0.1, 0.15) is 194 Å². The Morgan fingerprint density at radius 2 is 1.04 bits per heavy atom. The van der Waals surface area contributed by atoms with Crippen molar-refractivity contribution in [3.05, 3.63) is 12.2 Å². The Kier molecular flexibility index (Phi) is 33.7. The van der Waals surface area contributed by atoms with E-state index in [2.05, 4.69) is 36.6 Å². The van der Waals surface area contributed by atoms with E-state index in [0.717, 1.165) is 57.8 Å².